The van der Waals surface area contributed by atoms with Crippen LogP contribution in [0.4, 0.5) is 0 Å². The molecule has 0 aliphatic carbocycles. The van der Waals surface area contributed by atoms with Crippen molar-refractivity contribution in [1.82, 2.24) is 5.32 Å². The molecule has 0 aliphatic rings. The number of carbonyl (C=O) groups is 1. The molecule has 88 valence electrons. The largest absolute Gasteiger partial charge is 0.465 e. The van der Waals surface area contributed by atoms with Gasteiger partial charge in [0.2, 0.25) is 0 Å². The molecule has 2 unspecified atom stereocenters. The van der Waals surface area contributed by atoms with Gasteiger partial charge in [0.15, 0.2) is 0 Å². The molecule has 15 heavy (non-hydrogen) atoms. The Hall–Kier alpha value is -0.830. The lowest BCUT2D eigenvalue weighted by Crippen LogP contribution is -2.42. The number of nitrogens with one attached hydrogen (secondary N) is 1. The van der Waals surface area contributed by atoms with Crippen LogP contribution < -0.4 is 5.32 Å². The number of rotatable bonds is 8. The summed E-state index contributed by atoms with van der Waals surface area (Å²) < 4.78 is 5.01. The van der Waals surface area contributed by atoms with E-state index >= 15 is 0 Å². The fourth-order valence-electron chi connectivity index (χ4n) is 1.46. The third-order valence-electron chi connectivity index (χ3n) is 2.15. The van der Waals surface area contributed by atoms with Crippen molar-refractivity contribution in [2.24, 2.45) is 0 Å². The van der Waals surface area contributed by atoms with Crippen LogP contribution in [0.5, 0.6) is 0 Å². The molecule has 0 aromatic rings. The fraction of sp³-hybridized carbons (Fsp3) is 0.750. The van der Waals surface area contributed by atoms with Gasteiger partial charge in [0.1, 0.15) is 6.04 Å². The molecular weight excluding hydrogens is 190 g/mol. The van der Waals surface area contributed by atoms with Crippen LogP contribution in [-0.4, -0.2) is 24.7 Å². The van der Waals surface area contributed by atoms with Gasteiger partial charge in [-0.25, -0.2) is 0 Å². The van der Waals surface area contributed by atoms with E-state index in [1.807, 2.05) is 19.9 Å². The minimum absolute atomic E-state index is 0.143. The Morgan fingerprint density at radius 1 is 1.53 bits per heavy atom. The summed E-state index contributed by atoms with van der Waals surface area (Å²) in [5, 5.41) is 3.26. The Kier molecular flexibility index (Phi) is 8.01. The first-order valence-corrected chi connectivity index (χ1v) is 5.69. The molecule has 0 fully saturated rings. The van der Waals surface area contributed by atoms with Gasteiger partial charge >= 0.3 is 5.97 Å². The Morgan fingerprint density at radius 2 is 2.20 bits per heavy atom. The minimum atomic E-state index is -0.176. The Morgan fingerprint density at radius 3 is 2.67 bits per heavy atom. The third-order valence-corrected chi connectivity index (χ3v) is 2.15. The summed E-state index contributed by atoms with van der Waals surface area (Å²) in [5.41, 5.74) is 0. The van der Waals surface area contributed by atoms with Crippen molar-refractivity contribution in [2.75, 3.05) is 6.61 Å². The SMILES string of the molecule is C=CCC(C)NC(CCC)C(=O)OCC. The predicted octanol–water partition coefficient (Wildman–Crippen LogP) is 2.27. The van der Waals surface area contributed by atoms with Gasteiger partial charge in [-0.3, -0.25) is 4.79 Å². The lowest BCUT2D eigenvalue weighted by molar-refractivity contribution is -0.146. The first-order valence-electron chi connectivity index (χ1n) is 5.69. The van der Waals surface area contributed by atoms with Gasteiger partial charge in [0.05, 0.1) is 6.61 Å². The van der Waals surface area contributed by atoms with Crippen molar-refractivity contribution >= 4 is 5.97 Å². The summed E-state index contributed by atoms with van der Waals surface area (Å²) >= 11 is 0. The number of hydrogen-bond donors (Lipinski definition) is 1. The average Bonchev–Trinajstić information content (AvgIpc) is 2.18. The highest BCUT2D eigenvalue weighted by atomic mass is 16.5. The van der Waals surface area contributed by atoms with Crippen LogP contribution in [0.2, 0.25) is 0 Å². The molecule has 0 aromatic carbocycles. The minimum Gasteiger partial charge on any atom is -0.465 e. The molecule has 2 atom stereocenters. The van der Waals surface area contributed by atoms with Gasteiger partial charge in [-0.1, -0.05) is 19.4 Å². The van der Waals surface area contributed by atoms with Gasteiger partial charge in [-0.2, -0.15) is 0 Å². The summed E-state index contributed by atoms with van der Waals surface area (Å²) in [6.07, 6.45) is 4.50. The van der Waals surface area contributed by atoms with E-state index in [9.17, 15) is 4.79 Å². The summed E-state index contributed by atoms with van der Waals surface area (Å²) in [5.74, 6) is -0.143. The van der Waals surface area contributed by atoms with Crippen LogP contribution in [0.25, 0.3) is 0 Å². The molecule has 0 aromatic heterocycles. The topological polar surface area (TPSA) is 38.3 Å². The fourth-order valence-corrected chi connectivity index (χ4v) is 1.46. The monoisotopic (exact) mass is 213 g/mol. The average molecular weight is 213 g/mol. The first-order chi connectivity index (χ1) is 7.15. The molecule has 0 bridgehead atoms. The molecule has 0 saturated heterocycles. The number of ether oxygens (including phenoxy) is 1. The molecule has 0 heterocycles. The van der Waals surface area contributed by atoms with E-state index in [0.29, 0.717) is 6.61 Å². The highest BCUT2D eigenvalue weighted by Gasteiger charge is 2.19. The van der Waals surface area contributed by atoms with Crippen molar-refractivity contribution < 1.29 is 9.53 Å². The zero-order chi connectivity index (χ0) is 11.7. The quantitative estimate of drug-likeness (QED) is 0.496. The molecule has 1 N–H and O–H groups in total. The molecule has 0 spiro atoms. The molecule has 0 amide bonds. The van der Waals surface area contributed by atoms with E-state index in [1.54, 1.807) is 0 Å². The van der Waals surface area contributed by atoms with E-state index in [-0.39, 0.29) is 18.1 Å². The Bertz CT molecular complexity index is 192. The van der Waals surface area contributed by atoms with Gasteiger partial charge in [-0.05, 0) is 26.7 Å². The Balaban J connectivity index is 4.12. The second-order valence-electron chi connectivity index (χ2n) is 3.69. The highest BCUT2D eigenvalue weighted by molar-refractivity contribution is 5.75. The van der Waals surface area contributed by atoms with E-state index in [4.69, 9.17) is 4.74 Å². The van der Waals surface area contributed by atoms with Crippen LogP contribution in [0, 0.1) is 0 Å². The molecule has 3 nitrogen and oxygen atoms in total. The van der Waals surface area contributed by atoms with E-state index < -0.39 is 0 Å². The lowest BCUT2D eigenvalue weighted by Gasteiger charge is -2.20. The zero-order valence-corrected chi connectivity index (χ0v) is 10.1. The van der Waals surface area contributed by atoms with Crippen molar-refractivity contribution in [1.29, 1.82) is 0 Å². The van der Waals surface area contributed by atoms with Crippen LogP contribution >= 0.6 is 0 Å². The lowest BCUT2D eigenvalue weighted by atomic mass is 10.1. The van der Waals surface area contributed by atoms with Gasteiger partial charge in [0, 0.05) is 6.04 Å². The first kappa shape index (κ1) is 14.2. The van der Waals surface area contributed by atoms with Crippen molar-refractivity contribution in [2.45, 2.75) is 52.1 Å². The maximum Gasteiger partial charge on any atom is 0.323 e. The maximum absolute atomic E-state index is 11.6. The van der Waals surface area contributed by atoms with E-state index in [1.165, 1.54) is 0 Å². The maximum atomic E-state index is 11.6. The predicted molar refractivity (Wildman–Crippen MR) is 62.7 cm³/mol. The normalized spacial score (nSPS) is 14.3. The van der Waals surface area contributed by atoms with Crippen molar-refractivity contribution in [3.8, 4) is 0 Å². The molecular formula is C12H23NO2. The van der Waals surface area contributed by atoms with E-state index in [2.05, 4.69) is 18.8 Å². The third kappa shape index (κ3) is 6.28. The molecule has 0 saturated carbocycles. The van der Waals surface area contributed by atoms with Crippen LogP contribution in [0.15, 0.2) is 12.7 Å². The second kappa shape index (κ2) is 8.48. The summed E-state index contributed by atoms with van der Waals surface area (Å²) in [6.45, 7) is 10.1. The van der Waals surface area contributed by atoms with Crippen LogP contribution in [0.3, 0.4) is 0 Å². The summed E-state index contributed by atoms with van der Waals surface area (Å²) in [7, 11) is 0. The van der Waals surface area contributed by atoms with Gasteiger partial charge in [0.25, 0.3) is 0 Å². The van der Waals surface area contributed by atoms with Gasteiger partial charge in [-0.15, -0.1) is 6.58 Å². The molecule has 0 aliphatic heterocycles. The molecule has 0 radical (unpaired) electrons. The van der Waals surface area contributed by atoms with E-state index in [0.717, 1.165) is 19.3 Å². The summed E-state index contributed by atoms with van der Waals surface area (Å²) in [4.78, 5) is 11.6. The van der Waals surface area contributed by atoms with Crippen LogP contribution in [0.1, 0.15) is 40.0 Å². The number of carbonyl (C=O) groups excluding carboxylic acids is 1. The highest BCUT2D eigenvalue weighted by Crippen LogP contribution is 2.03. The van der Waals surface area contributed by atoms with Crippen LogP contribution in [-0.2, 0) is 9.53 Å². The Labute approximate surface area is 92.9 Å². The number of hydrogen-bond acceptors (Lipinski definition) is 3. The standard InChI is InChI=1S/C12H23NO2/c1-5-8-10(4)13-11(9-6-2)12(14)15-7-3/h5,10-11,13H,1,6-9H2,2-4H3. The van der Waals surface area contributed by atoms with Crippen molar-refractivity contribution in [3.63, 3.8) is 0 Å². The van der Waals surface area contributed by atoms with Gasteiger partial charge < -0.3 is 10.1 Å². The zero-order valence-electron chi connectivity index (χ0n) is 10.1. The molecule has 0 rings (SSSR count). The summed E-state index contributed by atoms with van der Waals surface area (Å²) in [6, 6.07) is 0.0911. The molecule has 3 heteroatoms. The second-order valence-corrected chi connectivity index (χ2v) is 3.69. The number of esters is 1. The smallest absolute Gasteiger partial charge is 0.323 e. The van der Waals surface area contributed by atoms with Crippen molar-refractivity contribution in [3.05, 3.63) is 12.7 Å².